The van der Waals surface area contributed by atoms with Crippen molar-refractivity contribution in [1.29, 1.82) is 0 Å². The molecule has 1 unspecified atom stereocenters. The molecule has 1 atom stereocenters. The molecule has 0 fully saturated rings. The molecule has 0 amide bonds. The third kappa shape index (κ3) is 5.22. The topological polar surface area (TPSA) is 107 Å². The summed E-state index contributed by atoms with van der Waals surface area (Å²) >= 11 is 0. The van der Waals surface area contributed by atoms with Gasteiger partial charge in [-0.2, -0.15) is 0 Å². The van der Waals surface area contributed by atoms with Crippen LogP contribution in [0.2, 0.25) is 0 Å². The van der Waals surface area contributed by atoms with Crippen LogP contribution in [0.25, 0.3) is 0 Å². The Labute approximate surface area is 163 Å². The van der Waals surface area contributed by atoms with Crippen molar-refractivity contribution in [3.63, 3.8) is 0 Å². The summed E-state index contributed by atoms with van der Waals surface area (Å²) in [6.45, 7) is 5.79. The number of benzene rings is 1. The largest absolute Gasteiger partial charge is 0.493 e. The molecule has 0 aromatic heterocycles. The number of hydrogen-bond donors (Lipinski definition) is 0. The lowest BCUT2D eigenvalue weighted by Gasteiger charge is -2.23. The van der Waals surface area contributed by atoms with Gasteiger partial charge < -0.3 is 23.5 Å². The molecule has 154 valence electrons. The molecule has 1 aromatic rings. The normalized spacial score (nSPS) is 12.4. The van der Waals surface area contributed by atoms with E-state index in [1.807, 2.05) is 0 Å². The van der Waals surface area contributed by atoms with E-state index in [1.165, 1.54) is 27.4 Å². The third-order valence-electron chi connectivity index (χ3n) is 3.49. The predicted molar refractivity (Wildman–Crippen MR) is 102 cm³/mol. The van der Waals surface area contributed by atoms with Crippen LogP contribution in [-0.2, 0) is 23.2 Å². The summed E-state index contributed by atoms with van der Waals surface area (Å²) in [7, 11) is 1.11. The minimum atomic E-state index is -4.04. The van der Waals surface area contributed by atoms with Crippen LogP contribution in [0, 0.1) is 0 Å². The van der Waals surface area contributed by atoms with E-state index >= 15 is 0 Å². The van der Waals surface area contributed by atoms with Crippen LogP contribution in [0.1, 0.15) is 0 Å². The number of carbonyl (C=O) groups is 2. The highest BCUT2D eigenvalue weighted by molar-refractivity contribution is 7.62. The van der Waals surface area contributed by atoms with E-state index in [0.717, 1.165) is 19.3 Å². The lowest BCUT2D eigenvalue weighted by Crippen LogP contribution is -2.18. The Kier molecular flexibility index (Phi) is 8.91. The maximum Gasteiger partial charge on any atom is 0.365 e. The molecule has 1 rings (SSSR count). The van der Waals surface area contributed by atoms with Crippen LogP contribution >= 0.6 is 7.60 Å². The average molecular weight is 414 g/mol. The van der Waals surface area contributed by atoms with E-state index in [2.05, 4.69) is 13.2 Å². The van der Waals surface area contributed by atoms with Crippen LogP contribution in [0.4, 0.5) is 0 Å². The van der Waals surface area contributed by atoms with Gasteiger partial charge in [-0.15, -0.1) is 0 Å². The number of methoxy groups -OCH3 is 3. The van der Waals surface area contributed by atoms with Gasteiger partial charge in [0.1, 0.15) is 11.9 Å². The standard InChI is InChI=1S/C18H23O9P/c1-7-12(19)10-26-18-16(23-4)14(22-3)9-15(17(18)24-5)28(21,25-6)27-11-13(20)8-2/h7-9H,1-2,10-11H2,3-6H3. The molecule has 0 radical (unpaired) electrons. The lowest BCUT2D eigenvalue weighted by molar-refractivity contribution is -0.117. The smallest absolute Gasteiger partial charge is 0.365 e. The summed E-state index contributed by atoms with van der Waals surface area (Å²) in [4.78, 5) is 23.1. The van der Waals surface area contributed by atoms with E-state index in [1.54, 1.807) is 0 Å². The van der Waals surface area contributed by atoms with Crippen molar-refractivity contribution in [3.05, 3.63) is 31.4 Å². The Hall–Kier alpha value is -2.61. The van der Waals surface area contributed by atoms with Gasteiger partial charge in [0.15, 0.2) is 29.7 Å². The number of rotatable bonds is 13. The van der Waals surface area contributed by atoms with Crippen molar-refractivity contribution in [2.45, 2.75) is 0 Å². The molecule has 0 bridgehead atoms. The molecular weight excluding hydrogens is 391 g/mol. The zero-order valence-electron chi connectivity index (χ0n) is 16.2. The molecule has 0 aliphatic carbocycles. The van der Waals surface area contributed by atoms with Crippen molar-refractivity contribution in [1.82, 2.24) is 0 Å². The van der Waals surface area contributed by atoms with Crippen LogP contribution in [0.5, 0.6) is 23.0 Å². The summed E-state index contributed by atoms with van der Waals surface area (Å²) < 4.78 is 44.9. The van der Waals surface area contributed by atoms with Crippen LogP contribution in [0.15, 0.2) is 31.4 Å². The molecule has 0 saturated carbocycles. The minimum Gasteiger partial charge on any atom is -0.493 e. The van der Waals surface area contributed by atoms with E-state index in [-0.39, 0.29) is 34.9 Å². The van der Waals surface area contributed by atoms with Crippen LogP contribution in [0.3, 0.4) is 0 Å². The zero-order chi connectivity index (χ0) is 21.3. The first kappa shape index (κ1) is 23.4. The molecule has 0 N–H and O–H groups in total. The molecule has 0 spiro atoms. The number of carbonyl (C=O) groups excluding carboxylic acids is 2. The molecule has 0 saturated heterocycles. The molecule has 0 aliphatic heterocycles. The first-order valence-electron chi connectivity index (χ1n) is 7.88. The summed E-state index contributed by atoms with van der Waals surface area (Å²) in [5, 5.41) is -0.0759. The van der Waals surface area contributed by atoms with Crippen molar-refractivity contribution < 1.29 is 42.1 Å². The fourth-order valence-electron chi connectivity index (χ4n) is 2.09. The van der Waals surface area contributed by atoms with Crippen molar-refractivity contribution >= 4 is 24.5 Å². The van der Waals surface area contributed by atoms with Gasteiger partial charge in [0.2, 0.25) is 11.5 Å². The van der Waals surface area contributed by atoms with Gasteiger partial charge in [-0.3, -0.25) is 18.7 Å². The summed E-state index contributed by atoms with van der Waals surface area (Å²) in [6, 6.07) is 1.32. The molecule has 9 nitrogen and oxygen atoms in total. The van der Waals surface area contributed by atoms with Gasteiger partial charge in [-0.05, 0) is 12.2 Å². The number of ketones is 2. The maximum atomic E-state index is 13.3. The summed E-state index contributed by atoms with van der Waals surface area (Å²) in [5.74, 6) is -0.794. The lowest BCUT2D eigenvalue weighted by atomic mass is 10.2. The molecule has 0 aliphatic rings. The summed E-state index contributed by atoms with van der Waals surface area (Å²) in [6.07, 6.45) is 2.12. The van der Waals surface area contributed by atoms with E-state index < -0.39 is 25.8 Å². The fraction of sp³-hybridized carbons (Fsp3) is 0.333. The Morgan fingerprint density at radius 1 is 0.929 bits per heavy atom. The van der Waals surface area contributed by atoms with Crippen molar-refractivity contribution in [2.75, 3.05) is 41.7 Å². The van der Waals surface area contributed by atoms with E-state index in [4.69, 9.17) is 28.0 Å². The van der Waals surface area contributed by atoms with Crippen molar-refractivity contribution in [3.8, 4) is 23.0 Å². The molecular formula is C18H23O9P. The second kappa shape index (κ2) is 10.7. The Morgan fingerprint density at radius 2 is 1.50 bits per heavy atom. The Balaban J connectivity index is 3.61. The molecule has 10 heteroatoms. The minimum absolute atomic E-state index is 0.0505. The predicted octanol–water partition coefficient (Wildman–Crippen LogP) is 2.08. The van der Waals surface area contributed by atoms with Crippen molar-refractivity contribution in [2.24, 2.45) is 0 Å². The Bertz CT molecular complexity index is 801. The van der Waals surface area contributed by atoms with Gasteiger partial charge in [0.05, 0.1) is 21.3 Å². The number of hydrogen-bond acceptors (Lipinski definition) is 9. The quantitative estimate of drug-likeness (QED) is 0.354. The second-order valence-corrected chi connectivity index (χ2v) is 7.18. The first-order chi connectivity index (χ1) is 13.3. The van der Waals surface area contributed by atoms with Crippen LogP contribution in [-0.4, -0.2) is 53.2 Å². The van der Waals surface area contributed by atoms with E-state index in [0.29, 0.717) is 0 Å². The van der Waals surface area contributed by atoms with E-state index in [9.17, 15) is 14.2 Å². The Morgan fingerprint density at radius 3 is 1.96 bits per heavy atom. The van der Waals surface area contributed by atoms with Gasteiger partial charge in [0.25, 0.3) is 0 Å². The second-order valence-electron chi connectivity index (χ2n) is 5.08. The SMILES string of the molecule is C=CC(=O)COc1c(OC)c(OC)cc(P(=O)(OC)OCC(=O)C=C)c1OC. The highest BCUT2D eigenvalue weighted by Crippen LogP contribution is 2.54. The third-order valence-corrected chi connectivity index (χ3v) is 5.36. The van der Waals surface area contributed by atoms with Gasteiger partial charge in [0, 0.05) is 13.2 Å². The highest BCUT2D eigenvalue weighted by atomic mass is 31.2. The number of ether oxygens (including phenoxy) is 4. The van der Waals surface area contributed by atoms with Gasteiger partial charge >= 0.3 is 7.60 Å². The zero-order valence-corrected chi connectivity index (χ0v) is 17.1. The molecule has 1 aromatic carbocycles. The van der Waals surface area contributed by atoms with Gasteiger partial charge in [-0.1, -0.05) is 13.2 Å². The van der Waals surface area contributed by atoms with Crippen LogP contribution < -0.4 is 24.3 Å². The fourth-order valence-corrected chi connectivity index (χ4v) is 3.55. The monoisotopic (exact) mass is 414 g/mol. The highest BCUT2D eigenvalue weighted by Gasteiger charge is 2.36. The van der Waals surface area contributed by atoms with Gasteiger partial charge in [-0.25, -0.2) is 0 Å². The molecule has 0 heterocycles. The summed E-state index contributed by atoms with van der Waals surface area (Å²) in [5.41, 5.74) is 0. The average Bonchev–Trinajstić information content (AvgIpc) is 2.73. The maximum absolute atomic E-state index is 13.3. The first-order valence-corrected chi connectivity index (χ1v) is 9.43. The molecule has 28 heavy (non-hydrogen) atoms.